The summed E-state index contributed by atoms with van der Waals surface area (Å²) < 4.78 is 32.4. The molecule has 0 unspecified atom stereocenters. The molecule has 1 aliphatic heterocycles. The van der Waals surface area contributed by atoms with E-state index in [9.17, 15) is 4.79 Å². The minimum absolute atomic E-state index is 0.0682. The third kappa shape index (κ3) is 2.32. The number of hydrogen-bond donors (Lipinski definition) is 0. The van der Waals surface area contributed by atoms with Gasteiger partial charge in [-0.1, -0.05) is 6.07 Å². The second-order valence-electron chi connectivity index (χ2n) is 5.57. The van der Waals surface area contributed by atoms with Crippen LogP contribution in [0, 0.1) is 0 Å². The van der Waals surface area contributed by atoms with Crippen molar-refractivity contribution in [2.45, 2.75) is 0 Å². The average molecular weight is 356 g/mol. The van der Waals surface area contributed by atoms with Crippen LogP contribution in [0.5, 0.6) is 28.7 Å². The fourth-order valence-electron chi connectivity index (χ4n) is 2.99. The van der Waals surface area contributed by atoms with Gasteiger partial charge in [-0.15, -0.1) is 0 Å². The van der Waals surface area contributed by atoms with Crippen molar-refractivity contribution in [3.05, 3.63) is 40.8 Å². The van der Waals surface area contributed by atoms with Crippen molar-refractivity contribution in [1.29, 1.82) is 0 Å². The van der Waals surface area contributed by atoms with Crippen molar-refractivity contribution in [1.82, 2.24) is 0 Å². The van der Waals surface area contributed by atoms with Gasteiger partial charge in [-0.2, -0.15) is 0 Å². The van der Waals surface area contributed by atoms with E-state index in [1.54, 1.807) is 31.4 Å². The van der Waals surface area contributed by atoms with Crippen LogP contribution in [0.25, 0.3) is 22.1 Å². The first-order valence-corrected chi connectivity index (χ1v) is 7.82. The van der Waals surface area contributed by atoms with Crippen LogP contribution in [0.4, 0.5) is 0 Å². The van der Waals surface area contributed by atoms with E-state index in [1.165, 1.54) is 20.5 Å². The Morgan fingerprint density at radius 3 is 2.50 bits per heavy atom. The van der Waals surface area contributed by atoms with Gasteiger partial charge in [0.15, 0.2) is 22.8 Å². The summed E-state index contributed by atoms with van der Waals surface area (Å²) in [6, 6.07) is 6.83. The molecule has 4 rings (SSSR count). The zero-order valence-electron chi connectivity index (χ0n) is 14.5. The first-order chi connectivity index (χ1) is 12.7. The highest BCUT2D eigenvalue weighted by Crippen LogP contribution is 2.45. The molecule has 0 bridgehead atoms. The minimum Gasteiger partial charge on any atom is -0.493 e. The standard InChI is InChI=1S/C19H16O7/c1-21-13-5-4-10(6-14(13)22-2)12-8-24-17-11(16(12)20)7-15-18(19(17)23-3)26-9-25-15/h4-8H,9H2,1-3H3. The smallest absolute Gasteiger partial charge is 0.231 e. The van der Waals surface area contributed by atoms with Crippen LogP contribution in [0.1, 0.15) is 0 Å². The first kappa shape index (κ1) is 16.1. The summed E-state index contributed by atoms with van der Waals surface area (Å²) in [4.78, 5) is 13.1. The number of hydrogen-bond acceptors (Lipinski definition) is 7. The maximum atomic E-state index is 13.1. The average Bonchev–Trinajstić information content (AvgIpc) is 3.14. The Morgan fingerprint density at radius 1 is 0.962 bits per heavy atom. The largest absolute Gasteiger partial charge is 0.493 e. The number of fused-ring (bicyclic) bond motifs is 2. The second kappa shape index (κ2) is 6.18. The molecule has 0 amide bonds. The topological polar surface area (TPSA) is 76.4 Å². The molecule has 0 saturated carbocycles. The molecule has 3 aromatic rings. The van der Waals surface area contributed by atoms with Gasteiger partial charge in [0, 0.05) is 0 Å². The fourth-order valence-corrected chi connectivity index (χ4v) is 2.99. The van der Waals surface area contributed by atoms with Crippen LogP contribution in [0.3, 0.4) is 0 Å². The van der Waals surface area contributed by atoms with Crippen LogP contribution in [0.15, 0.2) is 39.7 Å². The summed E-state index contributed by atoms with van der Waals surface area (Å²) in [6.07, 6.45) is 1.40. The quantitative estimate of drug-likeness (QED) is 0.710. The van der Waals surface area contributed by atoms with Gasteiger partial charge >= 0.3 is 0 Å². The lowest BCUT2D eigenvalue weighted by Crippen LogP contribution is -2.06. The van der Waals surface area contributed by atoms with Crippen molar-refractivity contribution in [3.63, 3.8) is 0 Å². The SMILES string of the molecule is COc1ccc(-c2coc3c(OC)c4c(cc3c2=O)OCO4)cc1OC. The molecule has 1 aliphatic rings. The van der Waals surface area contributed by atoms with Crippen LogP contribution >= 0.6 is 0 Å². The molecular weight excluding hydrogens is 340 g/mol. The van der Waals surface area contributed by atoms with E-state index in [0.717, 1.165) is 0 Å². The van der Waals surface area contributed by atoms with Gasteiger partial charge in [0.1, 0.15) is 6.26 Å². The van der Waals surface area contributed by atoms with Gasteiger partial charge in [0.05, 0.1) is 32.3 Å². The molecule has 0 N–H and O–H groups in total. The Balaban J connectivity index is 1.95. The lowest BCUT2D eigenvalue weighted by Gasteiger charge is -2.11. The van der Waals surface area contributed by atoms with Gasteiger partial charge < -0.3 is 28.1 Å². The van der Waals surface area contributed by atoms with E-state index in [4.69, 9.17) is 28.1 Å². The fraction of sp³-hybridized carbons (Fsp3) is 0.211. The highest BCUT2D eigenvalue weighted by atomic mass is 16.7. The number of methoxy groups -OCH3 is 3. The lowest BCUT2D eigenvalue weighted by atomic mass is 10.0. The molecule has 7 nitrogen and oxygen atoms in total. The molecule has 0 spiro atoms. The minimum atomic E-state index is -0.213. The summed E-state index contributed by atoms with van der Waals surface area (Å²) in [5.41, 5.74) is 1.13. The predicted molar refractivity (Wildman–Crippen MR) is 93.7 cm³/mol. The normalized spacial score (nSPS) is 12.3. The third-order valence-electron chi connectivity index (χ3n) is 4.26. The molecule has 0 saturated heterocycles. The number of rotatable bonds is 4. The van der Waals surface area contributed by atoms with Crippen molar-refractivity contribution in [2.24, 2.45) is 0 Å². The molecule has 2 aromatic carbocycles. The molecule has 2 heterocycles. The van der Waals surface area contributed by atoms with Gasteiger partial charge in [-0.25, -0.2) is 0 Å². The predicted octanol–water partition coefficient (Wildman–Crippen LogP) is 3.21. The summed E-state index contributed by atoms with van der Waals surface area (Å²) >= 11 is 0. The number of benzene rings is 2. The Hall–Kier alpha value is -3.35. The summed E-state index contributed by atoms with van der Waals surface area (Å²) in [5, 5.41) is 0.346. The van der Waals surface area contributed by atoms with E-state index in [2.05, 4.69) is 0 Å². The Kier molecular flexibility index (Phi) is 3.84. The summed E-state index contributed by atoms with van der Waals surface area (Å²) in [7, 11) is 4.58. The number of ether oxygens (including phenoxy) is 5. The van der Waals surface area contributed by atoms with Crippen molar-refractivity contribution >= 4 is 11.0 Å². The van der Waals surface area contributed by atoms with E-state index < -0.39 is 0 Å². The van der Waals surface area contributed by atoms with E-state index in [0.29, 0.717) is 50.8 Å². The van der Waals surface area contributed by atoms with Gasteiger partial charge in [0.25, 0.3) is 0 Å². The van der Waals surface area contributed by atoms with Gasteiger partial charge in [-0.3, -0.25) is 4.79 Å². The van der Waals surface area contributed by atoms with E-state index in [-0.39, 0.29) is 12.2 Å². The maximum Gasteiger partial charge on any atom is 0.231 e. The molecule has 0 atom stereocenters. The zero-order chi connectivity index (χ0) is 18.3. The van der Waals surface area contributed by atoms with Crippen molar-refractivity contribution in [2.75, 3.05) is 28.1 Å². The summed E-state index contributed by atoms with van der Waals surface area (Å²) in [5.74, 6) is 2.32. The Labute approximate surface area is 148 Å². The van der Waals surface area contributed by atoms with Crippen molar-refractivity contribution in [3.8, 4) is 39.9 Å². The molecule has 0 aliphatic carbocycles. The van der Waals surface area contributed by atoms with Crippen LogP contribution in [0.2, 0.25) is 0 Å². The van der Waals surface area contributed by atoms with Crippen molar-refractivity contribution < 1.29 is 28.1 Å². The van der Waals surface area contributed by atoms with Crippen LogP contribution in [-0.4, -0.2) is 28.1 Å². The van der Waals surface area contributed by atoms with E-state index >= 15 is 0 Å². The van der Waals surface area contributed by atoms with Crippen LogP contribution < -0.4 is 29.1 Å². The van der Waals surface area contributed by atoms with Crippen LogP contribution in [-0.2, 0) is 0 Å². The molecule has 0 radical (unpaired) electrons. The molecule has 26 heavy (non-hydrogen) atoms. The lowest BCUT2D eigenvalue weighted by molar-refractivity contribution is 0.171. The monoisotopic (exact) mass is 356 g/mol. The Morgan fingerprint density at radius 2 is 1.77 bits per heavy atom. The molecule has 0 fully saturated rings. The van der Waals surface area contributed by atoms with E-state index in [1.807, 2.05) is 0 Å². The molecule has 134 valence electrons. The first-order valence-electron chi connectivity index (χ1n) is 7.82. The molecule has 1 aromatic heterocycles. The second-order valence-corrected chi connectivity index (χ2v) is 5.57. The summed E-state index contributed by atoms with van der Waals surface area (Å²) in [6.45, 7) is 0.0682. The molecular formula is C19H16O7. The van der Waals surface area contributed by atoms with Gasteiger partial charge in [-0.05, 0) is 23.8 Å². The van der Waals surface area contributed by atoms with Gasteiger partial charge in [0.2, 0.25) is 23.7 Å². The maximum absolute atomic E-state index is 13.1. The highest BCUT2D eigenvalue weighted by Gasteiger charge is 2.25. The Bertz CT molecular complexity index is 1050. The zero-order valence-corrected chi connectivity index (χ0v) is 14.5. The third-order valence-corrected chi connectivity index (χ3v) is 4.26. The highest BCUT2D eigenvalue weighted by molar-refractivity contribution is 5.91. The molecule has 7 heteroatoms.